The van der Waals surface area contributed by atoms with Crippen LogP contribution in [0.5, 0.6) is 0 Å². The Balaban J connectivity index is 1.85. The summed E-state index contributed by atoms with van der Waals surface area (Å²) in [7, 11) is 0. The smallest absolute Gasteiger partial charge is 0.309 e. The van der Waals surface area contributed by atoms with Crippen LogP contribution in [0.15, 0.2) is 5.38 Å². The van der Waals surface area contributed by atoms with E-state index in [0.29, 0.717) is 11.1 Å². The summed E-state index contributed by atoms with van der Waals surface area (Å²) in [5.41, 5.74) is 1.12. The monoisotopic (exact) mass is 240 g/mol. The van der Waals surface area contributed by atoms with Crippen molar-refractivity contribution < 1.29 is 9.90 Å². The van der Waals surface area contributed by atoms with Gasteiger partial charge in [-0.1, -0.05) is 6.92 Å². The van der Waals surface area contributed by atoms with E-state index in [1.807, 2.05) is 5.38 Å². The van der Waals surface area contributed by atoms with Crippen molar-refractivity contribution in [1.82, 2.24) is 4.98 Å². The third-order valence-electron chi connectivity index (χ3n) is 3.21. The van der Waals surface area contributed by atoms with Crippen LogP contribution >= 0.6 is 11.3 Å². The number of anilines is 1. The second kappa shape index (κ2) is 4.41. The van der Waals surface area contributed by atoms with Gasteiger partial charge in [-0.25, -0.2) is 4.98 Å². The Morgan fingerprint density at radius 2 is 2.44 bits per heavy atom. The molecule has 88 valence electrons. The third kappa shape index (κ3) is 2.72. The number of carboxylic acid groups (broad SMARTS) is 1. The van der Waals surface area contributed by atoms with Crippen molar-refractivity contribution >= 4 is 22.4 Å². The van der Waals surface area contributed by atoms with Crippen LogP contribution in [0.3, 0.4) is 0 Å². The van der Waals surface area contributed by atoms with E-state index in [9.17, 15) is 4.79 Å². The lowest BCUT2D eigenvalue weighted by Gasteiger charge is -2.11. The summed E-state index contributed by atoms with van der Waals surface area (Å²) in [4.78, 5) is 14.7. The molecule has 1 aliphatic rings. The number of nitrogens with zero attached hydrogens (tertiary/aromatic N) is 1. The molecule has 1 fully saturated rings. The van der Waals surface area contributed by atoms with Crippen LogP contribution in [0.25, 0.3) is 0 Å². The predicted molar refractivity (Wildman–Crippen MR) is 63.9 cm³/mol. The van der Waals surface area contributed by atoms with Crippen LogP contribution in [0.2, 0.25) is 0 Å². The van der Waals surface area contributed by atoms with Crippen molar-refractivity contribution in [2.24, 2.45) is 5.41 Å². The molecule has 2 rings (SSSR count). The highest BCUT2D eigenvalue weighted by Gasteiger charge is 2.40. The quantitative estimate of drug-likeness (QED) is 0.801. The average Bonchev–Trinajstić information content (AvgIpc) is 2.90. The number of aromatic nitrogens is 1. The average molecular weight is 240 g/mol. The molecule has 0 aliphatic heterocycles. The Morgan fingerprint density at radius 1 is 1.69 bits per heavy atom. The van der Waals surface area contributed by atoms with E-state index < -0.39 is 5.97 Å². The van der Waals surface area contributed by atoms with Gasteiger partial charge in [-0.3, -0.25) is 4.79 Å². The molecule has 1 heterocycles. The van der Waals surface area contributed by atoms with E-state index in [-0.39, 0.29) is 6.42 Å². The zero-order valence-corrected chi connectivity index (χ0v) is 10.1. The summed E-state index contributed by atoms with van der Waals surface area (Å²) in [5.74, 6) is -0.830. The van der Waals surface area contributed by atoms with Gasteiger partial charge < -0.3 is 10.4 Å². The number of hydrogen-bond acceptors (Lipinski definition) is 4. The van der Waals surface area contributed by atoms with E-state index in [0.717, 1.165) is 11.7 Å². The molecule has 1 aliphatic carbocycles. The molecule has 1 saturated carbocycles. The van der Waals surface area contributed by atoms with E-state index in [2.05, 4.69) is 17.2 Å². The van der Waals surface area contributed by atoms with Gasteiger partial charge in [-0.05, 0) is 24.7 Å². The number of carbonyl (C=O) groups is 1. The minimum atomic E-state index is -0.830. The van der Waals surface area contributed by atoms with Crippen LogP contribution < -0.4 is 5.32 Å². The van der Waals surface area contributed by atoms with Crippen LogP contribution in [-0.4, -0.2) is 22.6 Å². The second-order valence-corrected chi connectivity index (χ2v) is 5.28. The topological polar surface area (TPSA) is 62.2 Å². The number of nitrogens with one attached hydrogen (secondary N) is 1. The first-order chi connectivity index (χ1) is 7.63. The van der Waals surface area contributed by atoms with Crippen molar-refractivity contribution in [3.8, 4) is 0 Å². The molecule has 4 nitrogen and oxygen atoms in total. The minimum Gasteiger partial charge on any atom is -0.481 e. The Morgan fingerprint density at radius 3 is 3.00 bits per heavy atom. The summed E-state index contributed by atoms with van der Waals surface area (Å²) in [6, 6.07) is 0. The fraction of sp³-hybridized carbons (Fsp3) is 0.636. The third-order valence-corrected chi connectivity index (χ3v) is 4.05. The molecule has 0 spiro atoms. The lowest BCUT2D eigenvalue weighted by atomic mass is 10.0. The maximum atomic E-state index is 10.5. The van der Waals surface area contributed by atoms with Gasteiger partial charge in [0.25, 0.3) is 0 Å². The van der Waals surface area contributed by atoms with Gasteiger partial charge in [-0.15, -0.1) is 11.3 Å². The Bertz CT molecular complexity index is 385. The van der Waals surface area contributed by atoms with Gasteiger partial charge in [0, 0.05) is 11.9 Å². The highest BCUT2D eigenvalue weighted by atomic mass is 32.1. The highest BCUT2D eigenvalue weighted by molar-refractivity contribution is 7.13. The van der Waals surface area contributed by atoms with Crippen molar-refractivity contribution in [2.45, 2.75) is 32.6 Å². The lowest BCUT2D eigenvalue weighted by molar-refractivity contribution is -0.136. The SMILES string of the molecule is CCC1(CNc2nc(CC(=O)O)cs2)CC1. The van der Waals surface area contributed by atoms with Crippen LogP contribution in [0.1, 0.15) is 31.9 Å². The normalized spacial score (nSPS) is 17.1. The maximum absolute atomic E-state index is 10.5. The van der Waals surface area contributed by atoms with Crippen LogP contribution in [-0.2, 0) is 11.2 Å². The Hall–Kier alpha value is -1.10. The lowest BCUT2D eigenvalue weighted by Crippen LogP contribution is -2.14. The summed E-state index contributed by atoms with van der Waals surface area (Å²) in [6.07, 6.45) is 3.80. The summed E-state index contributed by atoms with van der Waals surface area (Å²) in [5, 5.41) is 14.6. The predicted octanol–water partition coefficient (Wildman–Crippen LogP) is 2.37. The standard InChI is InChI=1S/C11H16N2O2S/c1-2-11(3-4-11)7-12-10-13-8(6-16-10)5-9(14)15/h6H,2-5,7H2,1H3,(H,12,13)(H,14,15). The van der Waals surface area contributed by atoms with Gasteiger partial charge in [0.15, 0.2) is 5.13 Å². The van der Waals surface area contributed by atoms with E-state index in [1.165, 1.54) is 30.6 Å². The van der Waals surface area contributed by atoms with Gasteiger partial charge >= 0.3 is 5.97 Å². The number of hydrogen-bond donors (Lipinski definition) is 2. The zero-order chi connectivity index (χ0) is 11.6. The van der Waals surface area contributed by atoms with Crippen molar-refractivity contribution in [3.63, 3.8) is 0 Å². The van der Waals surface area contributed by atoms with Crippen LogP contribution in [0.4, 0.5) is 5.13 Å². The highest BCUT2D eigenvalue weighted by Crippen LogP contribution is 2.48. The number of thiazole rings is 1. The molecule has 1 aromatic rings. The maximum Gasteiger partial charge on any atom is 0.309 e. The molecule has 0 bridgehead atoms. The number of aliphatic carboxylic acids is 1. The summed E-state index contributed by atoms with van der Waals surface area (Å²) in [6.45, 7) is 3.18. The fourth-order valence-corrected chi connectivity index (χ4v) is 2.43. The van der Waals surface area contributed by atoms with Crippen molar-refractivity contribution in [3.05, 3.63) is 11.1 Å². The fourth-order valence-electron chi connectivity index (χ4n) is 1.72. The van der Waals surface area contributed by atoms with E-state index in [4.69, 9.17) is 5.11 Å². The first-order valence-corrected chi connectivity index (χ1v) is 6.42. The first kappa shape index (κ1) is 11.4. The Labute approximate surface area is 98.7 Å². The van der Waals surface area contributed by atoms with Crippen LogP contribution in [0, 0.1) is 5.41 Å². The van der Waals surface area contributed by atoms with Gasteiger partial charge in [0.1, 0.15) is 0 Å². The molecule has 0 amide bonds. The minimum absolute atomic E-state index is 0.0110. The molecule has 0 radical (unpaired) electrons. The van der Waals surface area contributed by atoms with E-state index in [1.54, 1.807) is 0 Å². The molecule has 16 heavy (non-hydrogen) atoms. The summed E-state index contributed by atoms with van der Waals surface area (Å²) < 4.78 is 0. The number of rotatable bonds is 6. The molecule has 0 unspecified atom stereocenters. The summed E-state index contributed by atoms with van der Waals surface area (Å²) >= 11 is 1.48. The molecule has 0 atom stereocenters. The van der Waals surface area contributed by atoms with E-state index >= 15 is 0 Å². The zero-order valence-electron chi connectivity index (χ0n) is 9.32. The molecule has 1 aromatic heterocycles. The number of carboxylic acids is 1. The molecular formula is C11H16N2O2S. The molecule has 2 N–H and O–H groups in total. The molecular weight excluding hydrogens is 224 g/mol. The van der Waals surface area contributed by atoms with Gasteiger partial charge in [-0.2, -0.15) is 0 Å². The molecule has 0 saturated heterocycles. The molecule has 0 aromatic carbocycles. The largest absolute Gasteiger partial charge is 0.481 e. The Kier molecular flexibility index (Phi) is 3.14. The second-order valence-electron chi connectivity index (χ2n) is 4.42. The van der Waals surface area contributed by atoms with Gasteiger partial charge in [0.05, 0.1) is 12.1 Å². The van der Waals surface area contributed by atoms with Crippen molar-refractivity contribution in [2.75, 3.05) is 11.9 Å². The van der Waals surface area contributed by atoms with Gasteiger partial charge in [0.2, 0.25) is 0 Å². The first-order valence-electron chi connectivity index (χ1n) is 5.54. The van der Waals surface area contributed by atoms with Crippen molar-refractivity contribution in [1.29, 1.82) is 0 Å². The molecule has 5 heteroatoms.